The van der Waals surface area contributed by atoms with Crippen molar-refractivity contribution in [3.05, 3.63) is 45.9 Å². The Morgan fingerprint density at radius 3 is 2.85 bits per heavy atom. The van der Waals surface area contributed by atoms with Crippen LogP contribution in [0.2, 0.25) is 0 Å². The fraction of sp³-hybridized carbons (Fsp3) is 0.222. The van der Waals surface area contributed by atoms with E-state index in [1.807, 2.05) is 6.92 Å². The summed E-state index contributed by atoms with van der Waals surface area (Å²) in [5, 5.41) is 14.1. The number of benzene rings is 2. The van der Waals surface area contributed by atoms with Crippen molar-refractivity contribution < 1.29 is 24.1 Å². The van der Waals surface area contributed by atoms with Crippen molar-refractivity contribution in [2.75, 3.05) is 19.8 Å². The van der Waals surface area contributed by atoms with Crippen LogP contribution in [0.15, 0.2) is 39.9 Å². The SMILES string of the molecule is CCOc1cc(Br)cc(C=NNC(=O)c2ccc3c(c2)OCCO3)c1O. The Hall–Kier alpha value is -2.74. The summed E-state index contributed by atoms with van der Waals surface area (Å²) >= 11 is 3.34. The summed E-state index contributed by atoms with van der Waals surface area (Å²) < 4.78 is 17.0. The maximum absolute atomic E-state index is 12.2. The second kappa shape index (κ2) is 8.09. The van der Waals surface area contributed by atoms with E-state index in [2.05, 4.69) is 26.5 Å². The van der Waals surface area contributed by atoms with Gasteiger partial charge in [0.05, 0.1) is 12.8 Å². The highest BCUT2D eigenvalue weighted by molar-refractivity contribution is 9.10. The largest absolute Gasteiger partial charge is 0.504 e. The van der Waals surface area contributed by atoms with Gasteiger partial charge in [0.1, 0.15) is 13.2 Å². The number of hydrazone groups is 1. The number of nitrogens with zero attached hydrogens (tertiary/aromatic N) is 1. The van der Waals surface area contributed by atoms with Crippen LogP contribution in [-0.4, -0.2) is 37.0 Å². The Morgan fingerprint density at radius 1 is 1.31 bits per heavy atom. The van der Waals surface area contributed by atoms with Crippen molar-refractivity contribution in [2.45, 2.75) is 6.92 Å². The predicted octanol–water partition coefficient (Wildman–Crippen LogP) is 3.09. The molecule has 0 bridgehead atoms. The number of amides is 1. The Kier molecular flexibility index (Phi) is 5.62. The molecule has 0 spiro atoms. The van der Waals surface area contributed by atoms with E-state index in [1.165, 1.54) is 6.21 Å². The van der Waals surface area contributed by atoms with Crippen LogP contribution >= 0.6 is 15.9 Å². The summed E-state index contributed by atoms with van der Waals surface area (Å²) in [7, 11) is 0. The minimum Gasteiger partial charge on any atom is -0.504 e. The van der Waals surface area contributed by atoms with E-state index < -0.39 is 5.91 Å². The summed E-state index contributed by atoms with van der Waals surface area (Å²) in [6.45, 7) is 3.17. The van der Waals surface area contributed by atoms with Crippen LogP contribution in [0.1, 0.15) is 22.8 Å². The number of hydrogen-bond acceptors (Lipinski definition) is 6. The molecule has 1 amide bonds. The molecule has 0 unspecified atom stereocenters. The predicted molar refractivity (Wildman–Crippen MR) is 99.5 cm³/mol. The zero-order valence-electron chi connectivity index (χ0n) is 14.0. The van der Waals surface area contributed by atoms with E-state index in [0.717, 1.165) is 4.47 Å². The van der Waals surface area contributed by atoms with Crippen molar-refractivity contribution in [2.24, 2.45) is 5.10 Å². The monoisotopic (exact) mass is 420 g/mol. The van der Waals surface area contributed by atoms with Gasteiger partial charge >= 0.3 is 0 Å². The van der Waals surface area contributed by atoms with E-state index in [0.29, 0.717) is 48.2 Å². The van der Waals surface area contributed by atoms with E-state index >= 15 is 0 Å². The summed E-state index contributed by atoms with van der Waals surface area (Å²) in [6, 6.07) is 8.23. The van der Waals surface area contributed by atoms with Gasteiger partial charge in [-0.15, -0.1) is 0 Å². The van der Waals surface area contributed by atoms with Gasteiger partial charge in [0, 0.05) is 15.6 Å². The molecule has 0 fully saturated rings. The van der Waals surface area contributed by atoms with Gasteiger partial charge in [-0.1, -0.05) is 15.9 Å². The Bertz CT molecular complexity index is 854. The normalized spacial score (nSPS) is 12.8. The zero-order chi connectivity index (χ0) is 18.5. The van der Waals surface area contributed by atoms with Crippen molar-refractivity contribution in [1.29, 1.82) is 0 Å². The summed E-state index contributed by atoms with van der Waals surface area (Å²) in [5.74, 6) is 1.02. The van der Waals surface area contributed by atoms with Gasteiger partial charge in [0.15, 0.2) is 23.0 Å². The van der Waals surface area contributed by atoms with Crippen molar-refractivity contribution in [1.82, 2.24) is 5.43 Å². The number of hydrogen-bond donors (Lipinski definition) is 2. The average molecular weight is 421 g/mol. The standard InChI is InChI=1S/C18H17BrN2O5/c1-2-24-16-9-13(19)7-12(17(16)22)10-20-21-18(23)11-3-4-14-15(8-11)26-6-5-25-14/h3-4,7-10,22H,2,5-6H2,1H3,(H,21,23). The Balaban J connectivity index is 1.71. The zero-order valence-corrected chi connectivity index (χ0v) is 15.6. The third-order valence-electron chi connectivity index (χ3n) is 3.54. The first-order valence-corrected chi connectivity index (χ1v) is 8.76. The highest BCUT2D eigenvalue weighted by Gasteiger charge is 2.15. The molecule has 8 heteroatoms. The molecule has 0 atom stereocenters. The molecule has 0 saturated heterocycles. The van der Waals surface area contributed by atoms with Crippen molar-refractivity contribution >= 4 is 28.1 Å². The van der Waals surface area contributed by atoms with E-state index in [9.17, 15) is 9.90 Å². The van der Waals surface area contributed by atoms with Gasteiger partial charge in [-0.05, 0) is 37.3 Å². The first-order chi connectivity index (χ1) is 12.6. The van der Waals surface area contributed by atoms with Gasteiger partial charge in [0.2, 0.25) is 0 Å². The average Bonchev–Trinajstić information content (AvgIpc) is 2.65. The number of aromatic hydroxyl groups is 1. The molecule has 1 aliphatic heterocycles. The summed E-state index contributed by atoms with van der Waals surface area (Å²) in [5.41, 5.74) is 3.22. The minimum atomic E-state index is -0.405. The molecule has 136 valence electrons. The topological polar surface area (TPSA) is 89.4 Å². The van der Waals surface area contributed by atoms with Crippen LogP contribution in [0.5, 0.6) is 23.0 Å². The van der Waals surface area contributed by atoms with Gasteiger partial charge < -0.3 is 19.3 Å². The minimum absolute atomic E-state index is 0.0487. The number of nitrogens with one attached hydrogen (secondary N) is 1. The van der Waals surface area contributed by atoms with Crippen LogP contribution in [0.4, 0.5) is 0 Å². The number of phenols is 1. The van der Waals surface area contributed by atoms with Gasteiger partial charge in [-0.25, -0.2) is 5.43 Å². The Morgan fingerprint density at radius 2 is 2.08 bits per heavy atom. The maximum Gasteiger partial charge on any atom is 0.271 e. The van der Waals surface area contributed by atoms with E-state index in [4.69, 9.17) is 14.2 Å². The van der Waals surface area contributed by atoms with Crippen LogP contribution < -0.4 is 19.6 Å². The van der Waals surface area contributed by atoms with Gasteiger partial charge in [-0.2, -0.15) is 5.10 Å². The smallest absolute Gasteiger partial charge is 0.271 e. The van der Waals surface area contributed by atoms with Gasteiger partial charge in [0.25, 0.3) is 5.91 Å². The first-order valence-electron chi connectivity index (χ1n) is 7.97. The third-order valence-corrected chi connectivity index (χ3v) is 4.00. The lowest BCUT2D eigenvalue weighted by atomic mass is 10.2. The van der Waals surface area contributed by atoms with Crippen LogP contribution in [0.3, 0.4) is 0 Å². The van der Waals surface area contributed by atoms with E-state index in [1.54, 1.807) is 30.3 Å². The molecule has 0 saturated carbocycles. The molecule has 0 radical (unpaired) electrons. The molecule has 1 heterocycles. The maximum atomic E-state index is 12.2. The lowest BCUT2D eigenvalue weighted by molar-refractivity contribution is 0.0954. The molecule has 26 heavy (non-hydrogen) atoms. The number of fused-ring (bicyclic) bond motifs is 1. The Labute approximate surface area is 158 Å². The number of ether oxygens (including phenoxy) is 3. The number of carbonyl (C=O) groups excluding carboxylic acids is 1. The fourth-order valence-corrected chi connectivity index (χ4v) is 2.82. The number of rotatable bonds is 5. The highest BCUT2D eigenvalue weighted by Crippen LogP contribution is 2.33. The molecule has 0 aromatic heterocycles. The molecular weight excluding hydrogens is 404 g/mol. The quantitative estimate of drug-likeness (QED) is 0.572. The molecule has 2 aromatic carbocycles. The van der Waals surface area contributed by atoms with Crippen molar-refractivity contribution in [3.8, 4) is 23.0 Å². The second-order valence-electron chi connectivity index (χ2n) is 5.33. The molecule has 7 nitrogen and oxygen atoms in total. The first kappa shape index (κ1) is 18.1. The van der Waals surface area contributed by atoms with Crippen molar-refractivity contribution in [3.63, 3.8) is 0 Å². The lowest BCUT2D eigenvalue weighted by Gasteiger charge is -2.18. The second-order valence-corrected chi connectivity index (χ2v) is 6.25. The third kappa shape index (κ3) is 4.08. The number of phenolic OH excluding ortho intramolecular Hbond substituents is 1. The molecule has 2 aromatic rings. The van der Waals surface area contributed by atoms with Crippen LogP contribution in [-0.2, 0) is 0 Å². The highest BCUT2D eigenvalue weighted by atomic mass is 79.9. The molecule has 1 aliphatic rings. The molecule has 0 aliphatic carbocycles. The lowest BCUT2D eigenvalue weighted by Crippen LogP contribution is -2.19. The molecule has 3 rings (SSSR count). The number of halogens is 1. The summed E-state index contributed by atoms with van der Waals surface area (Å²) in [6.07, 6.45) is 1.35. The van der Waals surface area contributed by atoms with Crippen LogP contribution in [0, 0.1) is 0 Å². The fourth-order valence-electron chi connectivity index (χ4n) is 2.37. The van der Waals surface area contributed by atoms with Crippen LogP contribution in [0.25, 0.3) is 0 Å². The van der Waals surface area contributed by atoms with E-state index in [-0.39, 0.29) is 5.75 Å². The summed E-state index contributed by atoms with van der Waals surface area (Å²) in [4.78, 5) is 12.2. The number of carbonyl (C=O) groups is 1. The van der Waals surface area contributed by atoms with Gasteiger partial charge in [-0.3, -0.25) is 4.79 Å². The molecule has 2 N–H and O–H groups in total. The molecular formula is C18H17BrN2O5.